The number of nitrogens with two attached hydrogens (primary N) is 1. The van der Waals surface area contributed by atoms with Crippen LogP contribution in [-0.2, 0) is 0 Å². The number of benzene rings is 3. The average Bonchev–Trinajstić information content (AvgIpc) is 2.50. The predicted octanol–water partition coefficient (Wildman–Crippen LogP) is 5.27. The zero-order chi connectivity index (χ0) is 15.0. The van der Waals surface area contributed by atoms with Crippen LogP contribution < -0.4 is 5.73 Å². The summed E-state index contributed by atoms with van der Waals surface area (Å²) in [6.07, 6.45) is 0. The molecule has 3 aromatic carbocycles. The summed E-state index contributed by atoms with van der Waals surface area (Å²) in [6.45, 7) is 4.25. The summed E-state index contributed by atoms with van der Waals surface area (Å²) in [5, 5.41) is 2.52. The van der Waals surface area contributed by atoms with Crippen molar-refractivity contribution < 1.29 is 0 Å². The highest BCUT2D eigenvalue weighted by Gasteiger charge is 2.15. The Labute approximate surface area is 133 Å². The van der Waals surface area contributed by atoms with Crippen molar-refractivity contribution in [2.45, 2.75) is 19.9 Å². The molecule has 0 radical (unpaired) electrons. The Hall–Kier alpha value is -1.64. The normalized spacial score (nSPS) is 12.6. The summed E-state index contributed by atoms with van der Waals surface area (Å²) in [7, 11) is 0. The second-order valence-electron chi connectivity index (χ2n) is 5.50. The molecule has 106 valence electrons. The van der Waals surface area contributed by atoms with Gasteiger partial charge < -0.3 is 5.73 Å². The fourth-order valence-electron chi connectivity index (χ4n) is 2.86. The van der Waals surface area contributed by atoms with Crippen molar-refractivity contribution in [1.82, 2.24) is 0 Å². The molecule has 0 spiro atoms. The van der Waals surface area contributed by atoms with Gasteiger partial charge in [0.25, 0.3) is 0 Å². The predicted molar refractivity (Wildman–Crippen MR) is 93.6 cm³/mol. The Kier molecular flexibility index (Phi) is 3.83. The Morgan fingerprint density at radius 2 is 1.48 bits per heavy atom. The molecule has 0 aliphatic heterocycles. The lowest BCUT2D eigenvalue weighted by Gasteiger charge is -2.18. The fraction of sp³-hybridized carbons (Fsp3) is 0.158. The lowest BCUT2D eigenvalue weighted by Crippen LogP contribution is -2.14. The molecule has 0 aliphatic rings. The van der Waals surface area contributed by atoms with E-state index in [0.29, 0.717) is 0 Å². The number of rotatable bonds is 2. The Morgan fingerprint density at radius 3 is 2.24 bits per heavy atom. The van der Waals surface area contributed by atoms with Crippen molar-refractivity contribution in [3.05, 3.63) is 81.3 Å². The third-order valence-electron chi connectivity index (χ3n) is 4.09. The number of aryl methyl sites for hydroxylation is 2. The molecule has 2 heteroatoms. The molecule has 1 nitrogen and oxygen atoms in total. The molecule has 0 saturated carbocycles. The first-order valence-electron chi connectivity index (χ1n) is 7.08. The molecule has 1 atom stereocenters. The van der Waals surface area contributed by atoms with Gasteiger partial charge in [-0.1, -0.05) is 58.4 Å². The van der Waals surface area contributed by atoms with E-state index in [1.165, 1.54) is 33.0 Å². The zero-order valence-corrected chi connectivity index (χ0v) is 13.8. The average molecular weight is 340 g/mol. The van der Waals surface area contributed by atoms with Crippen LogP contribution in [0.15, 0.2) is 59.1 Å². The molecule has 21 heavy (non-hydrogen) atoms. The lowest BCUT2D eigenvalue weighted by atomic mass is 9.91. The van der Waals surface area contributed by atoms with Crippen molar-refractivity contribution in [2.75, 3.05) is 0 Å². The van der Waals surface area contributed by atoms with Gasteiger partial charge in [-0.25, -0.2) is 0 Å². The molecular weight excluding hydrogens is 322 g/mol. The van der Waals surface area contributed by atoms with Crippen molar-refractivity contribution in [1.29, 1.82) is 0 Å². The van der Waals surface area contributed by atoms with Crippen molar-refractivity contribution in [3.8, 4) is 0 Å². The number of hydrogen-bond acceptors (Lipinski definition) is 1. The minimum atomic E-state index is -0.118. The first-order valence-corrected chi connectivity index (χ1v) is 7.87. The van der Waals surface area contributed by atoms with Gasteiger partial charge >= 0.3 is 0 Å². The molecule has 0 fully saturated rings. The Bertz CT molecular complexity index is 808. The maximum Gasteiger partial charge on any atom is 0.0560 e. The van der Waals surface area contributed by atoms with Gasteiger partial charge in [0.15, 0.2) is 0 Å². The van der Waals surface area contributed by atoms with Crippen molar-refractivity contribution >= 4 is 26.7 Å². The van der Waals surface area contributed by atoms with E-state index in [1.807, 2.05) is 0 Å². The summed E-state index contributed by atoms with van der Waals surface area (Å²) in [6, 6.07) is 18.9. The van der Waals surface area contributed by atoms with Crippen LogP contribution in [0.4, 0.5) is 0 Å². The van der Waals surface area contributed by atoms with Gasteiger partial charge in [0.05, 0.1) is 6.04 Å². The van der Waals surface area contributed by atoms with E-state index in [2.05, 4.69) is 84.4 Å². The topological polar surface area (TPSA) is 26.0 Å². The fourth-order valence-corrected chi connectivity index (χ4v) is 3.24. The molecular formula is C19H18BrN. The smallest absolute Gasteiger partial charge is 0.0560 e. The van der Waals surface area contributed by atoms with E-state index in [9.17, 15) is 0 Å². The Morgan fingerprint density at radius 1 is 0.810 bits per heavy atom. The maximum absolute atomic E-state index is 6.58. The molecule has 0 bridgehead atoms. The largest absolute Gasteiger partial charge is 0.320 e. The van der Waals surface area contributed by atoms with Crippen LogP contribution in [0.1, 0.15) is 28.3 Å². The zero-order valence-electron chi connectivity index (χ0n) is 12.2. The van der Waals surface area contributed by atoms with Crippen LogP contribution in [0.2, 0.25) is 0 Å². The van der Waals surface area contributed by atoms with E-state index in [-0.39, 0.29) is 6.04 Å². The van der Waals surface area contributed by atoms with E-state index in [0.717, 1.165) is 4.47 Å². The SMILES string of the molecule is Cc1ccc(Br)cc1C(N)c1ccc(C)c2ccccc12. The monoisotopic (exact) mass is 339 g/mol. The third kappa shape index (κ3) is 2.61. The summed E-state index contributed by atoms with van der Waals surface area (Å²) in [5.41, 5.74) is 11.4. The van der Waals surface area contributed by atoms with E-state index < -0.39 is 0 Å². The van der Waals surface area contributed by atoms with Crippen LogP contribution in [-0.4, -0.2) is 0 Å². The molecule has 0 saturated heterocycles. The van der Waals surface area contributed by atoms with Gasteiger partial charge in [0.2, 0.25) is 0 Å². The van der Waals surface area contributed by atoms with Gasteiger partial charge in [0, 0.05) is 4.47 Å². The lowest BCUT2D eigenvalue weighted by molar-refractivity contribution is 0.869. The molecule has 3 rings (SSSR count). The molecule has 3 aromatic rings. The maximum atomic E-state index is 6.58. The van der Waals surface area contributed by atoms with Crippen LogP contribution in [0.3, 0.4) is 0 Å². The first kappa shape index (κ1) is 14.3. The molecule has 0 aromatic heterocycles. The summed E-state index contributed by atoms with van der Waals surface area (Å²) >= 11 is 3.54. The van der Waals surface area contributed by atoms with Gasteiger partial charge in [-0.3, -0.25) is 0 Å². The summed E-state index contributed by atoms with van der Waals surface area (Å²) in [4.78, 5) is 0. The van der Waals surface area contributed by atoms with Gasteiger partial charge in [-0.05, 0) is 59.0 Å². The highest BCUT2D eigenvalue weighted by atomic mass is 79.9. The minimum absolute atomic E-state index is 0.118. The second kappa shape index (κ2) is 5.63. The quantitative estimate of drug-likeness (QED) is 0.676. The van der Waals surface area contributed by atoms with Gasteiger partial charge in [-0.2, -0.15) is 0 Å². The third-order valence-corrected chi connectivity index (χ3v) is 4.58. The van der Waals surface area contributed by atoms with Crippen LogP contribution in [0.5, 0.6) is 0 Å². The standard InChI is InChI=1S/C19H18BrN/c1-12-8-10-17(16-6-4-3-5-15(12)16)19(21)18-11-14(20)9-7-13(18)2/h3-11,19H,21H2,1-2H3. The number of fused-ring (bicyclic) bond motifs is 1. The molecule has 0 amide bonds. The highest BCUT2D eigenvalue weighted by Crippen LogP contribution is 2.31. The van der Waals surface area contributed by atoms with E-state index >= 15 is 0 Å². The van der Waals surface area contributed by atoms with Crippen molar-refractivity contribution in [3.63, 3.8) is 0 Å². The van der Waals surface area contributed by atoms with Crippen LogP contribution in [0.25, 0.3) is 10.8 Å². The summed E-state index contributed by atoms with van der Waals surface area (Å²) < 4.78 is 1.06. The number of halogens is 1. The molecule has 1 unspecified atom stereocenters. The first-order chi connectivity index (χ1) is 10.1. The summed E-state index contributed by atoms with van der Waals surface area (Å²) in [5.74, 6) is 0. The Balaban J connectivity index is 2.20. The van der Waals surface area contributed by atoms with Gasteiger partial charge in [-0.15, -0.1) is 0 Å². The van der Waals surface area contributed by atoms with Gasteiger partial charge in [0.1, 0.15) is 0 Å². The molecule has 2 N–H and O–H groups in total. The minimum Gasteiger partial charge on any atom is -0.320 e. The number of hydrogen-bond donors (Lipinski definition) is 1. The highest BCUT2D eigenvalue weighted by molar-refractivity contribution is 9.10. The van der Waals surface area contributed by atoms with Crippen LogP contribution in [0, 0.1) is 13.8 Å². The molecule has 0 heterocycles. The molecule has 0 aliphatic carbocycles. The van der Waals surface area contributed by atoms with E-state index in [1.54, 1.807) is 0 Å². The van der Waals surface area contributed by atoms with Crippen LogP contribution >= 0.6 is 15.9 Å². The second-order valence-corrected chi connectivity index (χ2v) is 6.41. The van der Waals surface area contributed by atoms with E-state index in [4.69, 9.17) is 5.73 Å². The van der Waals surface area contributed by atoms with Crippen molar-refractivity contribution in [2.24, 2.45) is 5.73 Å².